The number of nitrogens with one attached hydrogen (secondary N) is 1. The molecular weight excluding hydrogens is 288 g/mol. The molecule has 0 saturated heterocycles. The predicted molar refractivity (Wildman–Crippen MR) is 83.0 cm³/mol. The topological polar surface area (TPSA) is 54.3 Å². The molecule has 0 heterocycles. The fraction of sp³-hybridized carbons (Fsp3) is 0.188. The number of nitrogens with zero attached hydrogens (tertiary/aromatic N) is 1. The highest BCUT2D eigenvalue weighted by atomic mass is 35.5. The van der Waals surface area contributed by atoms with E-state index in [-0.39, 0.29) is 0 Å². The van der Waals surface area contributed by atoms with Gasteiger partial charge in [-0.05, 0) is 35.9 Å². The molecular formula is C16H15ClN2O2. The van der Waals surface area contributed by atoms with Gasteiger partial charge in [-0.2, -0.15) is 5.26 Å². The van der Waals surface area contributed by atoms with E-state index in [1.807, 2.05) is 30.3 Å². The van der Waals surface area contributed by atoms with E-state index in [1.54, 1.807) is 26.4 Å². The molecule has 0 unspecified atom stereocenters. The Bertz CT molecular complexity index is 680. The second-order valence-electron chi connectivity index (χ2n) is 4.35. The fourth-order valence-corrected chi connectivity index (χ4v) is 2.13. The number of anilines is 1. The average Bonchev–Trinajstić information content (AvgIpc) is 2.52. The predicted octanol–water partition coefficient (Wildman–Crippen LogP) is 3.84. The minimum absolute atomic E-state index is 0.440. The number of hydrogen-bond acceptors (Lipinski definition) is 4. The Morgan fingerprint density at radius 1 is 1.10 bits per heavy atom. The van der Waals surface area contributed by atoms with Crippen molar-refractivity contribution in [3.63, 3.8) is 0 Å². The number of halogens is 1. The molecule has 0 saturated carbocycles. The third-order valence-electron chi connectivity index (χ3n) is 3.03. The van der Waals surface area contributed by atoms with Crippen LogP contribution >= 0.6 is 11.6 Å². The van der Waals surface area contributed by atoms with Crippen LogP contribution in [0.1, 0.15) is 11.1 Å². The zero-order valence-corrected chi connectivity index (χ0v) is 12.6. The maximum absolute atomic E-state index is 8.84. The summed E-state index contributed by atoms with van der Waals surface area (Å²) in [6.07, 6.45) is 0. The van der Waals surface area contributed by atoms with Crippen molar-refractivity contribution in [1.29, 1.82) is 5.26 Å². The van der Waals surface area contributed by atoms with Gasteiger partial charge in [0.2, 0.25) is 0 Å². The van der Waals surface area contributed by atoms with Crippen LogP contribution in [-0.2, 0) is 6.54 Å². The molecule has 1 N–H and O–H groups in total. The molecule has 0 bridgehead atoms. The second-order valence-corrected chi connectivity index (χ2v) is 4.76. The van der Waals surface area contributed by atoms with Crippen LogP contribution in [0, 0.1) is 11.3 Å². The molecule has 0 amide bonds. The number of nitriles is 1. The molecule has 4 nitrogen and oxygen atoms in total. The van der Waals surface area contributed by atoms with Crippen molar-refractivity contribution in [1.82, 2.24) is 0 Å². The van der Waals surface area contributed by atoms with E-state index in [9.17, 15) is 0 Å². The summed E-state index contributed by atoms with van der Waals surface area (Å²) in [7, 11) is 3.21. The van der Waals surface area contributed by atoms with Crippen molar-refractivity contribution in [2.24, 2.45) is 0 Å². The third kappa shape index (κ3) is 3.59. The number of methoxy groups -OCH3 is 2. The fourth-order valence-electron chi connectivity index (χ4n) is 1.91. The van der Waals surface area contributed by atoms with Gasteiger partial charge in [0.15, 0.2) is 11.5 Å². The first-order valence-electron chi connectivity index (χ1n) is 6.32. The van der Waals surface area contributed by atoms with Crippen molar-refractivity contribution >= 4 is 17.3 Å². The van der Waals surface area contributed by atoms with Crippen LogP contribution in [0.5, 0.6) is 11.5 Å². The second kappa shape index (κ2) is 6.87. The molecule has 2 aromatic rings. The lowest BCUT2D eigenvalue weighted by Crippen LogP contribution is -2.00. The Labute approximate surface area is 128 Å². The first kappa shape index (κ1) is 15.0. The van der Waals surface area contributed by atoms with Gasteiger partial charge in [0.05, 0.1) is 24.8 Å². The van der Waals surface area contributed by atoms with E-state index in [1.165, 1.54) is 0 Å². The zero-order valence-electron chi connectivity index (χ0n) is 11.8. The molecule has 0 spiro atoms. The summed E-state index contributed by atoms with van der Waals surface area (Å²) in [6, 6.07) is 13.0. The van der Waals surface area contributed by atoms with Gasteiger partial charge in [-0.25, -0.2) is 0 Å². The standard InChI is InChI=1S/C16H15ClN2O2/c1-20-15-6-3-11(7-16(15)21-2)10-19-13-5-4-12(9-18)14(17)8-13/h3-8,19H,10H2,1-2H3. The number of benzene rings is 2. The maximum Gasteiger partial charge on any atom is 0.161 e. The van der Waals surface area contributed by atoms with Crippen LogP contribution < -0.4 is 14.8 Å². The highest BCUT2D eigenvalue weighted by molar-refractivity contribution is 6.32. The van der Waals surface area contributed by atoms with E-state index in [4.69, 9.17) is 26.3 Å². The van der Waals surface area contributed by atoms with Gasteiger partial charge in [-0.1, -0.05) is 17.7 Å². The summed E-state index contributed by atoms with van der Waals surface area (Å²) in [5, 5.41) is 12.5. The van der Waals surface area contributed by atoms with Gasteiger partial charge < -0.3 is 14.8 Å². The molecule has 2 rings (SSSR count). The minimum atomic E-state index is 0.440. The quantitative estimate of drug-likeness (QED) is 0.911. The highest BCUT2D eigenvalue weighted by Crippen LogP contribution is 2.28. The molecule has 0 radical (unpaired) electrons. The largest absolute Gasteiger partial charge is 0.493 e. The van der Waals surface area contributed by atoms with Crippen molar-refractivity contribution in [2.45, 2.75) is 6.54 Å². The molecule has 0 atom stereocenters. The first-order chi connectivity index (χ1) is 10.2. The minimum Gasteiger partial charge on any atom is -0.493 e. The Hall–Kier alpha value is -2.38. The van der Waals surface area contributed by atoms with Gasteiger partial charge in [0.25, 0.3) is 0 Å². The van der Waals surface area contributed by atoms with Crippen LogP contribution in [-0.4, -0.2) is 14.2 Å². The van der Waals surface area contributed by atoms with E-state index in [0.29, 0.717) is 28.6 Å². The Morgan fingerprint density at radius 2 is 1.86 bits per heavy atom. The van der Waals surface area contributed by atoms with E-state index >= 15 is 0 Å². The van der Waals surface area contributed by atoms with Crippen LogP contribution in [0.25, 0.3) is 0 Å². The van der Waals surface area contributed by atoms with Gasteiger partial charge in [0.1, 0.15) is 6.07 Å². The molecule has 0 aliphatic carbocycles. The Balaban J connectivity index is 2.09. The highest BCUT2D eigenvalue weighted by Gasteiger charge is 2.05. The van der Waals surface area contributed by atoms with Crippen molar-refractivity contribution < 1.29 is 9.47 Å². The normalized spacial score (nSPS) is 9.81. The molecule has 0 aromatic heterocycles. The van der Waals surface area contributed by atoms with Crippen LogP contribution in [0.2, 0.25) is 5.02 Å². The summed E-state index contributed by atoms with van der Waals surface area (Å²) >= 11 is 6.00. The van der Waals surface area contributed by atoms with Gasteiger partial charge in [0, 0.05) is 12.2 Å². The van der Waals surface area contributed by atoms with E-state index < -0.39 is 0 Å². The summed E-state index contributed by atoms with van der Waals surface area (Å²) in [4.78, 5) is 0. The van der Waals surface area contributed by atoms with Gasteiger partial charge in [-0.3, -0.25) is 0 Å². The maximum atomic E-state index is 8.84. The molecule has 5 heteroatoms. The molecule has 0 fully saturated rings. The molecule has 2 aromatic carbocycles. The smallest absolute Gasteiger partial charge is 0.161 e. The lowest BCUT2D eigenvalue weighted by molar-refractivity contribution is 0.354. The van der Waals surface area contributed by atoms with Crippen LogP contribution in [0.3, 0.4) is 0 Å². The lowest BCUT2D eigenvalue weighted by Gasteiger charge is -2.11. The van der Waals surface area contributed by atoms with E-state index in [2.05, 4.69) is 5.32 Å². The lowest BCUT2D eigenvalue weighted by atomic mass is 10.2. The summed E-state index contributed by atoms with van der Waals surface area (Å²) in [6.45, 7) is 0.614. The van der Waals surface area contributed by atoms with Gasteiger partial charge >= 0.3 is 0 Å². The number of rotatable bonds is 5. The SMILES string of the molecule is COc1ccc(CNc2ccc(C#N)c(Cl)c2)cc1OC. The average molecular weight is 303 g/mol. The van der Waals surface area contributed by atoms with Gasteiger partial charge in [-0.15, -0.1) is 0 Å². The summed E-state index contributed by atoms with van der Waals surface area (Å²) < 4.78 is 10.5. The first-order valence-corrected chi connectivity index (χ1v) is 6.70. The summed E-state index contributed by atoms with van der Waals surface area (Å²) in [5.74, 6) is 1.39. The monoisotopic (exact) mass is 302 g/mol. The molecule has 0 aliphatic heterocycles. The molecule has 0 aliphatic rings. The van der Waals surface area contributed by atoms with Crippen molar-refractivity contribution in [3.8, 4) is 17.6 Å². The summed E-state index contributed by atoms with van der Waals surface area (Å²) in [5.41, 5.74) is 2.37. The number of ether oxygens (including phenoxy) is 2. The van der Waals surface area contributed by atoms with Crippen molar-refractivity contribution in [3.05, 3.63) is 52.5 Å². The Morgan fingerprint density at radius 3 is 2.48 bits per heavy atom. The third-order valence-corrected chi connectivity index (χ3v) is 3.35. The zero-order chi connectivity index (χ0) is 15.2. The van der Waals surface area contributed by atoms with Crippen LogP contribution in [0.4, 0.5) is 5.69 Å². The number of hydrogen-bond donors (Lipinski definition) is 1. The van der Waals surface area contributed by atoms with E-state index in [0.717, 1.165) is 11.3 Å². The Kier molecular flexibility index (Phi) is 4.91. The molecule has 21 heavy (non-hydrogen) atoms. The van der Waals surface area contributed by atoms with Crippen molar-refractivity contribution in [2.75, 3.05) is 19.5 Å². The van der Waals surface area contributed by atoms with Crippen LogP contribution in [0.15, 0.2) is 36.4 Å². The molecule has 108 valence electrons.